The first-order chi connectivity index (χ1) is 9.67. The second-order valence-electron chi connectivity index (χ2n) is 4.38. The largest absolute Gasteiger partial charge is 0.462 e. The summed E-state index contributed by atoms with van der Waals surface area (Å²) in [6.45, 7) is 4.00. The number of aromatic nitrogens is 2. The summed E-state index contributed by atoms with van der Waals surface area (Å²) in [5.41, 5.74) is 1.94. The molecule has 0 amide bonds. The minimum atomic E-state index is -0.554. The summed E-state index contributed by atoms with van der Waals surface area (Å²) in [4.78, 5) is 11.6. The van der Waals surface area contributed by atoms with Crippen molar-refractivity contribution in [3.05, 3.63) is 47.8 Å². The van der Waals surface area contributed by atoms with Gasteiger partial charge in [-0.3, -0.25) is 0 Å². The number of rotatable bonds is 5. The van der Waals surface area contributed by atoms with E-state index < -0.39 is 12.1 Å². The third kappa shape index (κ3) is 2.88. The third-order valence-corrected chi connectivity index (χ3v) is 3.02. The van der Waals surface area contributed by atoms with Crippen LogP contribution in [0.3, 0.4) is 0 Å². The molecule has 0 aliphatic carbocycles. The van der Waals surface area contributed by atoms with Crippen LogP contribution in [-0.4, -0.2) is 27.5 Å². The Kier molecular flexibility index (Phi) is 4.53. The molecule has 2 rings (SSSR count). The molecule has 0 spiro atoms. The number of aliphatic hydroxyl groups is 1. The lowest BCUT2D eigenvalue weighted by Crippen LogP contribution is -2.05. The van der Waals surface area contributed by atoms with Gasteiger partial charge in [0, 0.05) is 11.8 Å². The van der Waals surface area contributed by atoms with E-state index in [1.165, 1.54) is 6.20 Å². The Morgan fingerprint density at radius 1 is 1.40 bits per heavy atom. The third-order valence-electron chi connectivity index (χ3n) is 3.02. The molecular weight excluding hydrogens is 256 g/mol. The summed E-state index contributed by atoms with van der Waals surface area (Å²) in [5.74, 6) is -0.396. The van der Waals surface area contributed by atoms with Gasteiger partial charge in [0.05, 0.1) is 30.2 Å². The van der Waals surface area contributed by atoms with E-state index in [1.807, 2.05) is 31.2 Å². The Morgan fingerprint density at radius 3 is 2.85 bits per heavy atom. The van der Waals surface area contributed by atoms with E-state index in [2.05, 4.69) is 5.10 Å². The van der Waals surface area contributed by atoms with Crippen LogP contribution in [0.25, 0.3) is 5.69 Å². The maximum atomic E-state index is 11.6. The van der Waals surface area contributed by atoms with Crippen LogP contribution in [0.4, 0.5) is 0 Å². The summed E-state index contributed by atoms with van der Waals surface area (Å²) < 4.78 is 6.52. The number of hydrogen-bond donors (Lipinski definition) is 1. The molecule has 5 nitrogen and oxygen atoms in total. The molecule has 0 bridgehead atoms. The van der Waals surface area contributed by atoms with Crippen molar-refractivity contribution < 1.29 is 14.6 Å². The van der Waals surface area contributed by atoms with Crippen LogP contribution in [0.15, 0.2) is 36.7 Å². The Morgan fingerprint density at radius 2 is 2.15 bits per heavy atom. The van der Waals surface area contributed by atoms with Crippen LogP contribution in [0.5, 0.6) is 0 Å². The van der Waals surface area contributed by atoms with Gasteiger partial charge < -0.3 is 9.84 Å². The van der Waals surface area contributed by atoms with Gasteiger partial charge >= 0.3 is 5.97 Å². The van der Waals surface area contributed by atoms with Crippen molar-refractivity contribution >= 4 is 5.97 Å². The average molecular weight is 274 g/mol. The molecule has 1 heterocycles. The zero-order valence-corrected chi connectivity index (χ0v) is 11.6. The van der Waals surface area contributed by atoms with Crippen LogP contribution in [0.2, 0.25) is 0 Å². The Bertz CT molecular complexity index is 592. The van der Waals surface area contributed by atoms with Crippen molar-refractivity contribution in [3.8, 4) is 5.69 Å². The van der Waals surface area contributed by atoms with E-state index in [0.717, 1.165) is 11.3 Å². The molecule has 106 valence electrons. The van der Waals surface area contributed by atoms with Gasteiger partial charge in [0.15, 0.2) is 0 Å². The predicted octanol–water partition coefficient (Wildman–Crippen LogP) is 2.49. The fourth-order valence-electron chi connectivity index (χ4n) is 1.97. The maximum Gasteiger partial charge on any atom is 0.341 e. The van der Waals surface area contributed by atoms with Crippen LogP contribution < -0.4 is 0 Å². The van der Waals surface area contributed by atoms with Crippen molar-refractivity contribution in [1.29, 1.82) is 0 Å². The van der Waals surface area contributed by atoms with Crippen LogP contribution >= 0.6 is 0 Å². The molecule has 1 atom stereocenters. The molecule has 0 fully saturated rings. The summed E-state index contributed by atoms with van der Waals surface area (Å²) in [5, 5.41) is 14.2. The van der Waals surface area contributed by atoms with Crippen molar-refractivity contribution in [1.82, 2.24) is 9.78 Å². The maximum absolute atomic E-state index is 11.6. The fourth-order valence-corrected chi connectivity index (χ4v) is 1.97. The molecule has 0 aliphatic heterocycles. The number of carbonyl (C=O) groups excluding carboxylic acids is 1. The highest BCUT2D eigenvalue weighted by molar-refractivity contribution is 5.88. The van der Waals surface area contributed by atoms with E-state index in [1.54, 1.807) is 17.8 Å². The molecule has 0 saturated heterocycles. The lowest BCUT2D eigenvalue weighted by atomic mass is 10.1. The van der Waals surface area contributed by atoms with Gasteiger partial charge in [-0.2, -0.15) is 5.10 Å². The van der Waals surface area contributed by atoms with Gasteiger partial charge in [-0.1, -0.05) is 25.1 Å². The Labute approximate surface area is 117 Å². The molecule has 0 saturated carbocycles. The van der Waals surface area contributed by atoms with E-state index >= 15 is 0 Å². The summed E-state index contributed by atoms with van der Waals surface area (Å²) in [7, 11) is 0. The molecule has 1 N–H and O–H groups in total. The number of carbonyl (C=O) groups is 1. The minimum Gasteiger partial charge on any atom is -0.462 e. The van der Waals surface area contributed by atoms with E-state index in [9.17, 15) is 9.90 Å². The first kappa shape index (κ1) is 14.3. The fraction of sp³-hybridized carbons (Fsp3) is 0.333. The predicted molar refractivity (Wildman–Crippen MR) is 74.8 cm³/mol. The number of esters is 1. The second-order valence-corrected chi connectivity index (χ2v) is 4.38. The van der Waals surface area contributed by atoms with E-state index in [-0.39, 0.29) is 0 Å². The lowest BCUT2D eigenvalue weighted by molar-refractivity contribution is 0.0526. The zero-order valence-electron chi connectivity index (χ0n) is 11.6. The highest BCUT2D eigenvalue weighted by Gasteiger charge is 2.14. The first-order valence-corrected chi connectivity index (χ1v) is 6.66. The topological polar surface area (TPSA) is 64.3 Å². The number of benzene rings is 1. The first-order valence-electron chi connectivity index (χ1n) is 6.66. The van der Waals surface area contributed by atoms with Gasteiger partial charge in [-0.25, -0.2) is 9.48 Å². The number of para-hydroxylation sites is 1. The number of ether oxygens (including phenoxy) is 1. The standard InChI is InChI=1S/C15H18N2O3/c1-3-14(18)12-7-5-6-8-13(12)17-10-11(9-16-17)15(19)20-4-2/h5-10,14,18H,3-4H2,1-2H3. The Hall–Kier alpha value is -2.14. The molecule has 1 aromatic heterocycles. The molecule has 1 unspecified atom stereocenters. The normalized spacial score (nSPS) is 12.2. The number of aliphatic hydroxyl groups excluding tert-OH is 1. The summed E-state index contributed by atoms with van der Waals surface area (Å²) in [6, 6.07) is 7.45. The SMILES string of the molecule is CCOC(=O)c1cnn(-c2ccccc2C(O)CC)c1. The molecule has 5 heteroatoms. The van der Waals surface area contributed by atoms with Gasteiger partial charge in [0.25, 0.3) is 0 Å². The highest BCUT2D eigenvalue weighted by atomic mass is 16.5. The lowest BCUT2D eigenvalue weighted by Gasteiger charge is -2.13. The molecule has 1 aromatic carbocycles. The van der Waals surface area contributed by atoms with Gasteiger partial charge in [-0.05, 0) is 19.4 Å². The number of hydrogen-bond acceptors (Lipinski definition) is 4. The Balaban J connectivity index is 2.35. The van der Waals surface area contributed by atoms with Gasteiger partial charge in [0.1, 0.15) is 0 Å². The quantitative estimate of drug-likeness (QED) is 0.851. The molecule has 0 aliphatic rings. The van der Waals surface area contributed by atoms with Gasteiger partial charge in [0.2, 0.25) is 0 Å². The van der Waals surface area contributed by atoms with Crippen LogP contribution in [-0.2, 0) is 4.74 Å². The molecule has 20 heavy (non-hydrogen) atoms. The van der Waals surface area contributed by atoms with E-state index in [0.29, 0.717) is 18.6 Å². The van der Waals surface area contributed by atoms with E-state index in [4.69, 9.17) is 4.74 Å². The van der Waals surface area contributed by atoms with Crippen molar-refractivity contribution in [3.63, 3.8) is 0 Å². The van der Waals surface area contributed by atoms with Gasteiger partial charge in [-0.15, -0.1) is 0 Å². The van der Waals surface area contributed by atoms with Crippen LogP contribution in [0, 0.1) is 0 Å². The summed E-state index contributed by atoms with van der Waals surface area (Å²) >= 11 is 0. The minimum absolute atomic E-state index is 0.329. The highest BCUT2D eigenvalue weighted by Crippen LogP contribution is 2.23. The van der Waals surface area contributed by atoms with Crippen molar-refractivity contribution in [2.24, 2.45) is 0 Å². The average Bonchev–Trinajstić information content (AvgIpc) is 2.96. The zero-order chi connectivity index (χ0) is 14.5. The smallest absolute Gasteiger partial charge is 0.341 e. The van der Waals surface area contributed by atoms with Crippen molar-refractivity contribution in [2.75, 3.05) is 6.61 Å². The second kappa shape index (κ2) is 6.34. The molecular formula is C15H18N2O3. The van der Waals surface area contributed by atoms with Crippen molar-refractivity contribution in [2.45, 2.75) is 26.4 Å². The monoisotopic (exact) mass is 274 g/mol. The molecule has 0 radical (unpaired) electrons. The van der Waals surface area contributed by atoms with Crippen LogP contribution in [0.1, 0.15) is 42.3 Å². The molecule has 2 aromatic rings. The number of nitrogens with zero attached hydrogens (tertiary/aromatic N) is 2. The summed E-state index contributed by atoms with van der Waals surface area (Å²) in [6.07, 6.45) is 3.14.